The van der Waals surface area contributed by atoms with Crippen molar-refractivity contribution in [1.82, 2.24) is 9.97 Å². The third kappa shape index (κ3) is 4.42. The summed E-state index contributed by atoms with van der Waals surface area (Å²) in [4.78, 5) is 22.6. The van der Waals surface area contributed by atoms with Gasteiger partial charge in [-0.3, -0.25) is 4.79 Å². The van der Waals surface area contributed by atoms with Gasteiger partial charge in [-0.15, -0.1) is 0 Å². The van der Waals surface area contributed by atoms with Gasteiger partial charge in [-0.1, -0.05) is 17.7 Å². The fraction of sp³-hybridized carbons (Fsp3) is 0.421. The topological polar surface area (TPSA) is 93.4 Å². The summed E-state index contributed by atoms with van der Waals surface area (Å²) < 4.78 is 5.12. The van der Waals surface area contributed by atoms with E-state index in [0.717, 1.165) is 24.1 Å². The first kappa shape index (κ1) is 19.2. The van der Waals surface area contributed by atoms with Gasteiger partial charge in [0, 0.05) is 23.8 Å². The molecule has 0 bridgehead atoms. The van der Waals surface area contributed by atoms with Crippen molar-refractivity contribution in [3.63, 3.8) is 0 Å². The maximum Gasteiger partial charge on any atom is 0.309 e. The predicted octanol–water partition coefficient (Wildman–Crippen LogP) is 3.54. The average Bonchev–Trinajstić information content (AvgIpc) is 2.67. The molecule has 1 aromatic heterocycles. The van der Waals surface area contributed by atoms with Crippen LogP contribution in [0.3, 0.4) is 0 Å². The number of benzene rings is 1. The van der Waals surface area contributed by atoms with Crippen LogP contribution in [0.5, 0.6) is 0 Å². The largest absolute Gasteiger partial charge is 0.466 e. The zero-order valence-electron chi connectivity index (χ0n) is 15.5. The van der Waals surface area contributed by atoms with Crippen LogP contribution in [0.2, 0.25) is 5.02 Å². The number of piperidine rings is 1. The van der Waals surface area contributed by atoms with Crippen LogP contribution in [0.4, 0.5) is 23.0 Å². The highest BCUT2D eigenvalue weighted by molar-refractivity contribution is 6.31. The molecule has 1 saturated heterocycles. The number of nitrogens with zero attached hydrogens (tertiary/aromatic N) is 3. The summed E-state index contributed by atoms with van der Waals surface area (Å²) in [5.41, 5.74) is 8.61. The summed E-state index contributed by atoms with van der Waals surface area (Å²) in [5, 5.41) is 3.88. The number of esters is 1. The molecule has 1 aliphatic rings. The first-order valence-corrected chi connectivity index (χ1v) is 9.42. The minimum atomic E-state index is -0.119. The number of nitrogens with two attached hydrogens (primary N) is 1. The van der Waals surface area contributed by atoms with Crippen molar-refractivity contribution in [1.29, 1.82) is 0 Å². The monoisotopic (exact) mass is 389 g/mol. The van der Waals surface area contributed by atoms with Gasteiger partial charge in [0.25, 0.3) is 0 Å². The van der Waals surface area contributed by atoms with Crippen LogP contribution in [0.15, 0.2) is 24.5 Å². The Morgan fingerprint density at radius 1 is 1.37 bits per heavy atom. The molecule has 3 rings (SSSR count). The molecule has 3 N–H and O–H groups in total. The number of rotatable bonds is 5. The van der Waals surface area contributed by atoms with E-state index < -0.39 is 0 Å². The predicted molar refractivity (Wildman–Crippen MR) is 107 cm³/mol. The van der Waals surface area contributed by atoms with Gasteiger partial charge < -0.3 is 20.7 Å². The minimum absolute atomic E-state index is 0.0587. The Kier molecular flexibility index (Phi) is 6.01. The van der Waals surface area contributed by atoms with Crippen molar-refractivity contribution in [2.24, 2.45) is 5.92 Å². The zero-order chi connectivity index (χ0) is 19.4. The first-order chi connectivity index (χ1) is 13.0. The lowest BCUT2D eigenvalue weighted by Gasteiger charge is -2.32. The number of aromatic nitrogens is 2. The molecule has 8 heteroatoms. The molecular weight excluding hydrogens is 366 g/mol. The van der Waals surface area contributed by atoms with E-state index in [2.05, 4.69) is 20.2 Å². The third-order valence-electron chi connectivity index (χ3n) is 4.71. The second-order valence-corrected chi connectivity index (χ2v) is 6.97. The molecule has 0 atom stereocenters. The van der Waals surface area contributed by atoms with Crippen LogP contribution in [0, 0.1) is 12.8 Å². The van der Waals surface area contributed by atoms with Crippen molar-refractivity contribution in [2.45, 2.75) is 26.7 Å². The van der Waals surface area contributed by atoms with E-state index in [1.54, 1.807) is 0 Å². The summed E-state index contributed by atoms with van der Waals surface area (Å²) in [7, 11) is 0. The first-order valence-electron chi connectivity index (χ1n) is 9.04. The van der Waals surface area contributed by atoms with Crippen molar-refractivity contribution in [3.05, 3.63) is 35.1 Å². The highest BCUT2D eigenvalue weighted by atomic mass is 35.5. The Hall–Kier alpha value is -2.54. The van der Waals surface area contributed by atoms with E-state index in [-0.39, 0.29) is 11.9 Å². The Balaban J connectivity index is 1.72. The van der Waals surface area contributed by atoms with Crippen molar-refractivity contribution in [3.8, 4) is 0 Å². The van der Waals surface area contributed by atoms with E-state index in [0.29, 0.717) is 42.0 Å². The van der Waals surface area contributed by atoms with Crippen LogP contribution in [0.25, 0.3) is 0 Å². The molecule has 0 spiro atoms. The second kappa shape index (κ2) is 8.43. The number of halogens is 1. The molecule has 27 heavy (non-hydrogen) atoms. The molecule has 144 valence electrons. The zero-order valence-corrected chi connectivity index (χ0v) is 16.3. The minimum Gasteiger partial charge on any atom is -0.466 e. The highest BCUT2D eigenvalue weighted by Gasteiger charge is 2.27. The SMILES string of the molecule is CCOC(=O)C1CCN(c2ncnc(Nc3ccc(C)c(Cl)c3)c2N)CC1. The van der Waals surface area contributed by atoms with E-state index in [1.165, 1.54) is 6.33 Å². The van der Waals surface area contributed by atoms with E-state index in [9.17, 15) is 4.79 Å². The summed E-state index contributed by atoms with van der Waals surface area (Å²) in [6, 6.07) is 5.69. The van der Waals surface area contributed by atoms with E-state index >= 15 is 0 Å². The molecule has 0 amide bonds. The number of carbonyl (C=O) groups is 1. The molecule has 2 heterocycles. The number of aryl methyl sites for hydroxylation is 1. The third-order valence-corrected chi connectivity index (χ3v) is 5.12. The van der Waals surface area contributed by atoms with Crippen molar-refractivity contribution < 1.29 is 9.53 Å². The Labute approximate surface area is 163 Å². The molecule has 0 radical (unpaired) electrons. The molecule has 2 aromatic rings. The smallest absolute Gasteiger partial charge is 0.309 e. The number of carbonyl (C=O) groups excluding carboxylic acids is 1. The van der Waals surface area contributed by atoms with Gasteiger partial charge in [0.1, 0.15) is 12.0 Å². The van der Waals surface area contributed by atoms with Crippen LogP contribution in [-0.2, 0) is 9.53 Å². The normalized spacial score (nSPS) is 14.9. The number of anilines is 4. The fourth-order valence-electron chi connectivity index (χ4n) is 3.13. The van der Waals surface area contributed by atoms with Crippen LogP contribution >= 0.6 is 11.6 Å². The van der Waals surface area contributed by atoms with Gasteiger partial charge in [0.2, 0.25) is 0 Å². The maximum atomic E-state index is 11.9. The van der Waals surface area contributed by atoms with E-state index in [1.807, 2.05) is 32.0 Å². The number of hydrogen-bond acceptors (Lipinski definition) is 7. The highest BCUT2D eigenvalue weighted by Crippen LogP contribution is 2.32. The van der Waals surface area contributed by atoms with Crippen molar-refractivity contribution >= 4 is 40.6 Å². The van der Waals surface area contributed by atoms with Gasteiger partial charge in [-0.25, -0.2) is 9.97 Å². The number of nitrogen functional groups attached to an aromatic ring is 1. The van der Waals surface area contributed by atoms with Crippen LogP contribution in [-0.4, -0.2) is 35.6 Å². The lowest BCUT2D eigenvalue weighted by atomic mass is 9.97. The second-order valence-electron chi connectivity index (χ2n) is 6.56. The standard InChI is InChI=1S/C19H24ClN5O2/c1-3-27-19(26)13-6-8-25(9-7-13)18-16(21)17(22-11-23-18)24-14-5-4-12(2)15(20)10-14/h4-5,10-11,13H,3,6-9,21H2,1-2H3,(H,22,23,24). The lowest BCUT2D eigenvalue weighted by molar-refractivity contribution is -0.148. The Morgan fingerprint density at radius 3 is 2.78 bits per heavy atom. The molecule has 0 unspecified atom stereocenters. The van der Waals surface area contributed by atoms with Gasteiger partial charge >= 0.3 is 5.97 Å². The average molecular weight is 390 g/mol. The lowest BCUT2D eigenvalue weighted by Crippen LogP contribution is -2.37. The van der Waals surface area contributed by atoms with Crippen molar-refractivity contribution in [2.75, 3.05) is 35.6 Å². The van der Waals surface area contributed by atoms with E-state index in [4.69, 9.17) is 22.1 Å². The molecule has 7 nitrogen and oxygen atoms in total. The van der Waals surface area contributed by atoms with Gasteiger partial charge in [-0.05, 0) is 44.4 Å². The Bertz CT molecular complexity index is 822. The number of nitrogens with one attached hydrogen (secondary N) is 1. The maximum absolute atomic E-state index is 11.9. The molecule has 0 saturated carbocycles. The quantitative estimate of drug-likeness (QED) is 0.755. The van der Waals surface area contributed by atoms with Gasteiger partial charge in [0.15, 0.2) is 11.6 Å². The molecule has 1 aliphatic heterocycles. The summed E-state index contributed by atoms with van der Waals surface area (Å²) in [6.07, 6.45) is 2.93. The van der Waals surface area contributed by atoms with Crippen LogP contribution < -0.4 is 16.0 Å². The Morgan fingerprint density at radius 2 is 2.11 bits per heavy atom. The number of ether oxygens (including phenoxy) is 1. The molecule has 1 fully saturated rings. The molecular formula is C19H24ClN5O2. The summed E-state index contributed by atoms with van der Waals surface area (Å²) in [5.74, 6) is 1.03. The molecule has 0 aliphatic carbocycles. The van der Waals surface area contributed by atoms with Crippen LogP contribution in [0.1, 0.15) is 25.3 Å². The summed E-state index contributed by atoms with van der Waals surface area (Å²) in [6.45, 7) is 5.57. The van der Waals surface area contributed by atoms with Gasteiger partial charge in [-0.2, -0.15) is 0 Å². The fourth-order valence-corrected chi connectivity index (χ4v) is 3.31. The summed E-state index contributed by atoms with van der Waals surface area (Å²) >= 11 is 6.18. The molecule has 1 aromatic carbocycles. The number of hydrogen-bond donors (Lipinski definition) is 2. The van der Waals surface area contributed by atoms with Gasteiger partial charge in [0.05, 0.1) is 12.5 Å².